The highest BCUT2D eigenvalue weighted by Crippen LogP contribution is 2.38. The lowest BCUT2D eigenvalue weighted by atomic mass is 9.89. The second kappa shape index (κ2) is 4.84. The first kappa shape index (κ1) is 11.8. The fraction of sp³-hybridized carbons (Fsp3) is 0.294. The Balaban J connectivity index is 1.80. The Hall–Kier alpha value is -2.00. The van der Waals surface area contributed by atoms with E-state index in [2.05, 4.69) is 47.8 Å². The highest BCUT2D eigenvalue weighted by atomic mass is 16.6. The van der Waals surface area contributed by atoms with Gasteiger partial charge in [0.15, 0.2) is 11.5 Å². The minimum absolute atomic E-state index is 0.246. The largest absolute Gasteiger partial charge is 0.486 e. The first-order chi connectivity index (χ1) is 9.92. The van der Waals surface area contributed by atoms with Crippen molar-refractivity contribution < 1.29 is 9.47 Å². The van der Waals surface area contributed by atoms with Crippen molar-refractivity contribution in [2.75, 3.05) is 19.8 Å². The molecule has 0 amide bonds. The van der Waals surface area contributed by atoms with Crippen molar-refractivity contribution in [1.29, 1.82) is 0 Å². The zero-order chi connectivity index (χ0) is 13.4. The van der Waals surface area contributed by atoms with Crippen LogP contribution in [0, 0.1) is 0 Å². The Morgan fingerprint density at radius 3 is 2.50 bits per heavy atom. The zero-order valence-electron chi connectivity index (χ0n) is 11.3. The van der Waals surface area contributed by atoms with Crippen LogP contribution in [0.2, 0.25) is 0 Å². The molecule has 0 radical (unpaired) electrons. The lowest BCUT2D eigenvalue weighted by Gasteiger charge is -2.30. The van der Waals surface area contributed by atoms with Crippen LogP contribution >= 0.6 is 0 Å². The molecule has 3 heteroatoms. The minimum atomic E-state index is 0.246. The van der Waals surface area contributed by atoms with Crippen LogP contribution in [-0.2, 0) is 6.42 Å². The van der Waals surface area contributed by atoms with E-state index in [0.717, 1.165) is 24.5 Å². The molecule has 0 aromatic heterocycles. The summed E-state index contributed by atoms with van der Waals surface area (Å²) in [6, 6.07) is 15.1. The van der Waals surface area contributed by atoms with Crippen LogP contribution in [0.3, 0.4) is 0 Å². The monoisotopic (exact) mass is 267 g/mol. The predicted molar refractivity (Wildman–Crippen MR) is 77.4 cm³/mol. The van der Waals surface area contributed by atoms with Crippen molar-refractivity contribution in [2.45, 2.75) is 12.5 Å². The Kier molecular flexibility index (Phi) is 2.85. The van der Waals surface area contributed by atoms with E-state index in [4.69, 9.17) is 9.47 Å². The molecule has 2 heterocycles. The number of fused-ring (bicyclic) bond motifs is 2. The number of rotatable bonds is 1. The Bertz CT molecular complexity index is 624. The van der Waals surface area contributed by atoms with Gasteiger partial charge < -0.3 is 14.8 Å². The lowest BCUT2D eigenvalue weighted by Crippen LogP contribution is -2.31. The molecule has 2 aliphatic heterocycles. The van der Waals surface area contributed by atoms with Crippen molar-refractivity contribution >= 4 is 0 Å². The normalized spacial score (nSPS) is 20.3. The smallest absolute Gasteiger partial charge is 0.161 e. The molecule has 0 bridgehead atoms. The topological polar surface area (TPSA) is 30.5 Å². The van der Waals surface area contributed by atoms with Crippen LogP contribution in [-0.4, -0.2) is 19.8 Å². The summed E-state index contributed by atoms with van der Waals surface area (Å²) in [5, 5.41) is 3.60. The zero-order valence-corrected chi connectivity index (χ0v) is 11.3. The van der Waals surface area contributed by atoms with E-state index in [1.165, 1.54) is 16.7 Å². The summed E-state index contributed by atoms with van der Waals surface area (Å²) in [5.74, 6) is 1.77. The molecule has 3 nitrogen and oxygen atoms in total. The predicted octanol–water partition coefficient (Wildman–Crippen LogP) is 2.69. The molecule has 20 heavy (non-hydrogen) atoms. The van der Waals surface area contributed by atoms with Gasteiger partial charge in [-0.2, -0.15) is 0 Å². The molecule has 0 spiro atoms. The van der Waals surface area contributed by atoms with Crippen LogP contribution < -0.4 is 14.8 Å². The van der Waals surface area contributed by atoms with E-state index in [1.54, 1.807) is 0 Å². The molecule has 2 aromatic rings. The summed E-state index contributed by atoms with van der Waals surface area (Å²) in [5.41, 5.74) is 3.97. The van der Waals surface area contributed by atoms with E-state index in [-0.39, 0.29) is 6.04 Å². The summed E-state index contributed by atoms with van der Waals surface area (Å²) in [6.07, 6.45) is 1.04. The standard InChI is InChI=1S/C17H17NO2/c1-2-4-12(5-3-1)17-14-11-16-15(19-8-9-20-16)10-13(14)6-7-18-17/h1-5,10-11,17-18H,6-9H2. The molecule has 102 valence electrons. The summed E-state index contributed by atoms with van der Waals surface area (Å²) in [7, 11) is 0. The van der Waals surface area contributed by atoms with Gasteiger partial charge in [0.25, 0.3) is 0 Å². The fourth-order valence-corrected chi connectivity index (χ4v) is 3.04. The third kappa shape index (κ3) is 1.95. The maximum atomic E-state index is 5.72. The summed E-state index contributed by atoms with van der Waals surface area (Å²) in [6.45, 7) is 2.27. The molecular weight excluding hydrogens is 250 g/mol. The number of benzene rings is 2. The third-order valence-electron chi connectivity index (χ3n) is 3.99. The Labute approximate surface area is 118 Å². The molecule has 2 aliphatic rings. The van der Waals surface area contributed by atoms with Crippen LogP contribution in [0.1, 0.15) is 22.7 Å². The van der Waals surface area contributed by atoms with Crippen LogP contribution in [0.4, 0.5) is 0 Å². The molecule has 1 unspecified atom stereocenters. The van der Waals surface area contributed by atoms with Crippen molar-refractivity contribution in [3.05, 3.63) is 59.2 Å². The SMILES string of the molecule is c1ccc(C2NCCc3cc4c(cc32)OCCO4)cc1. The molecule has 2 aromatic carbocycles. The van der Waals surface area contributed by atoms with E-state index in [9.17, 15) is 0 Å². The fourth-order valence-electron chi connectivity index (χ4n) is 3.04. The van der Waals surface area contributed by atoms with Gasteiger partial charge in [0.2, 0.25) is 0 Å². The second-order valence-corrected chi connectivity index (χ2v) is 5.24. The van der Waals surface area contributed by atoms with Gasteiger partial charge in [0.1, 0.15) is 13.2 Å². The van der Waals surface area contributed by atoms with Gasteiger partial charge in [-0.05, 0) is 35.2 Å². The lowest BCUT2D eigenvalue weighted by molar-refractivity contribution is 0.171. The average Bonchev–Trinajstić information content (AvgIpc) is 2.53. The van der Waals surface area contributed by atoms with Gasteiger partial charge in [-0.15, -0.1) is 0 Å². The van der Waals surface area contributed by atoms with Crippen LogP contribution in [0.25, 0.3) is 0 Å². The van der Waals surface area contributed by atoms with E-state index in [0.29, 0.717) is 13.2 Å². The number of nitrogens with one attached hydrogen (secondary N) is 1. The van der Waals surface area contributed by atoms with Crippen molar-refractivity contribution in [2.24, 2.45) is 0 Å². The number of hydrogen-bond acceptors (Lipinski definition) is 3. The Morgan fingerprint density at radius 2 is 1.70 bits per heavy atom. The molecular formula is C17H17NO2. The quantitative estimate of drug-likeness (QED) is 0.861. The van der Waals surface area contributed by atoms with Crippen LogP contribution in [0.15, 0.2) is 42.5 Å². The molecule has 0 fully saturated rings. The third-order valence-corrected chi connectivity index (χ3v) is 3.99. The Morgan fingerprint density at radius 1 is 0.950 bits per heavy atom. The van der Waals surface area contributed by atoms with Gasteiger partial charge in [-0.25, -0.2) is 0 Å². The van der Waals surface area contributed by atoms with E-state index < -0.39 is 0 Å². The van der Waals surface area contributed by atoms with Crippen molar-refractivity contribution in [1.82, 2.24) is 5.32 Å². The van der Waals surface area contributed by atoms with E-state index >= 15 is 0 Å². The van der Waals surface area contributed by atoms with Crippen molar-refractivity contribution in [3.8, 4) is 11.5 Å². The molecule has 1 atom stereocenters. The second-order valence-electron chi connectivity index (χ2n) is 5.24. The maximum Gasteiger partial charge on any atom is 0.161 e. The minimum Gasteiger partial charge on any atom is -0.486 e. The first-order valence-corrected chi connectivity index (χ1v) is 7.12. The highest BCUT2D eigenvalue weighted by molar-refractivity contribution is 5.52. The van der Waals surface area contributed by atoms with Gasteiger partial charge in [-0.3, -0.25) is 0 Å². The molecule has 0 saturated heterocycles. The average molecular weight is 267 g/mol. The van der Waals surface area contributed by atoms with Gasteiger partial charge in [0.05, 0.1) is 6.04 Å². The number of hydrogen-bond donors (Lipinski definition) is 1. The van der Waals surface area contributed by atoms with Crippen molar-refractivity contribution in [3.63, 3.8) is 0 Å². The summed E-state index contributed by atoms with van der Waals surface area (Å²) in [4.78, 5) is 0. The van der Waals surface area contributed by atoms with Gasteiger partial charge >= 0.3 is 0 Å². The number of ether oxygens (including phenoxy) is 2. The van der Waals surface area contributed by atoms with Gasteiger partial charge in [0, 0.05) is 6.54 Å². The first-order valence-electron chi connectivity index (χ1n) is 7.12. The van der Waals surface area contributed by atoms with E-state index in [1.807, 2.05) is 0 Å². The molecule has 0 aliphatic carbocycles. The summed E-state index contributed by atoms with van der Waals surface area (Å²) >= 11 is 0. The van der Waals surface area contributed by atoms with Gasteiger partial charge in [-0.1, -0.05) is 30.3 Å². The molecule has 1 N–H and O–H groups in total. The molecule has 0 saturated carbocycles. The molecule has 4 rings (SSSR count). The highest BCUT2D eigenvalue weighted by Gasteiger charge is 2.24. The summed E-state index contributed by atoms with van der Waals surface area (Å²) < 4.78 is 11.4. The van der Waals surface area contributed by atoms with Crippen LogP contribution in [0.5, 0.6) is 11.5 Å². The maximum absolute atomic E-state index is 5.72.